The molecule has 0 spiro atoms. The van der Waals surface area contributed by atoms with E-state index in [0.29, 0.717) is 19.2 Å². The number of rotatable bonds is 6. The molecule has 96 valence electrons. The van der Waals surface area contributed by atoms with Gasteiger partial charge in [-0.25, -0.2) is 0 Å². The van der Waals surface area contributed by atoms with Crippen LogP contribution in [0, 0.1) is 0 Å². The smallest absolute Gasteiger partial charge is 0.375 e. The molecule has 0 heterocycles. The molecule has 0 unspecified atom stereocenters. The van der Waals surface area contributed by atoms with Gasteiger partial charge < -0.3 is 4.90 Å². The third-order valence-corrected chi connectivity index (χ3v) is 2.04. The molecule has 0 amide bonds. The normalized spacial score (nSPS) is 11.9. The summed E-state index contributed by atoms with van der Waals surface area (Å²) in [5.74, 6) is -1.95. The Morgan fingerprint density at radius 1 is 1.41 bits per heavy atom. The first kappa shape index (κ1) is 15.3. The van der Waals surface area contributed by atoms with E-state index in [-0.39, 0.29) is 12.2 Å². The number of carbonyl (C=O) groups is 1. The molecule has 8 heteroatoms. The monoisotopic (exact) mass is 250 g/mol. The van der Waals surface area contributed by atoms with Gasteiger partial charge in [-0.2, -0.15) is 13.2 Å². The number of likely N-dealkylation sites (N-methyl/N-ethyl adjacent to an activating group) is 1. The molecular formula is C9H13F3N4O. The van der Waals surface area contributed by atoms with Gasteiger partial charge in [-0.05, 0) is 19.4 Å². The average molecular weight is 250 g/mol. The highest BCUT2D eigenvalue weighted by Gasteiger charge is 2.36. The van der Waals surface area contributed by atoms with Crippen molar-refractivity contribution in [3.05, 3.63) is 22.2 Å². The molecule has 5 nitrogen and oxygen atoms in total. The van der Waals surface area contributed by atoms with Gasteiger partial charge in [0.15, 0.2) is 0 Å². The van der Waals surface area contributed by atoms with Crippen LogP contribution in [0.4, 0.5) is 13.2 Å². The standard InChI is InChI=1S/C9H13F3N4O/c1-3-16(4-2)7(6-14-15-13)5-8(17)9(10,11)12/h5H,3-4,6H2,1-2H3/b7-5-. The molecule has 0 fully saturated rings. The van der Waals surface area contributed by atoms with Crippen LogP contribution >= 0.6 is 0 Å². The molecule has 0 radical (unpaired) electrons. The molecule has 17 heavy (non-hydrogen) atoms. The predicted molar refractivity (Wildman–Crippen MR) is 56.1 cm³/mol. The third-order valence-electron chi connectivity index (χ3n) is 2.04. The van der Waals surface area contributed by atoms with Crippen molar-refractivity contribution in [2.24, 2.45) is 5.11 Å². The van der Waals surface area contributed by atoms with E-state index in [0.717, 1.165) is 0 Å². The highest BCUT2D eigenvalue weighted by atomic mass is 19.4. The van der Waals surface area contributed by atoms with Gasteiger partial charge in [0.1, 0.15) is 0 Å². The number of nitrogens with zero attached hydrogens (tertiary/aromatic N) is 4. The van der Waals surface area contributed by atoms with Crippen molar-refractivity contribution in [2.45, 2.75) is 20.0 Å². The Labute approximate surface area is 96.5 Å². The van der Waals surface area contributed by atoms with Crippen LogP contribution in [0.15, 0.2) is 16.9 Å². The van der Waals surface area contributed by atoms with Crippen LogP contribution in [0.1, 0.15) is 13.8 Å². The summed E-state index contributed by atoms with van der Waals surface area (Å²) in [7, 11) is 0. The molecule has 0 aliphatic heterocycles. The molecule has 0 aromatic heterocycles. The summed E-state index contributed by atoms with van der Waals surface area (Å²) in [5, 5.41) is 3.18. The van der Waals surface area contributed by atoms with Gasteiger partial charge >= 0.3 is 6.18 Å². The SMILES string of the molecule is CCN(CC)/C(=C\C(=O)C(F)(F)F)CN=[N+]=[N-]. The van der Waals surface area contributed by atoms with Crippen molar-refractivity contribution in [1.82, 2.24) is 4.90 Å². The van der Waals surface area contributed by atoms with Crippen molar-refractivity contribution in [2.75, 3.05) is 19.6 Å². The van der Waals surface area contributed by atoms with Crippen LogP contribution in [0.5, 0.6) is 0 Å². The van der Waals surface area contributed by atoms with Crippen molar-refractivity contribution in [3.8, 4) is 0 Å². The zero-order chi connectivity index (χ0) is 13.5. The van der Waals surface area contributed by atoms with Crippen molar-refractivity contribution in [1.29, 1.82) is 0 Å². The van der Waals surface area contributed by atoms with E-state index in [4.69, 9.17) is 5.53 Å². The number of allylic oxidation sites excluding steroid dienone is 1. The van der Waals surface area contributed by atoms with Crippen LogP contribution in [-0.4, -0.2) is 36.5 Å². The number of carbonyl (C=O) groups excluding carboxylic acids is 1. The van der Waals surface area contributed by atoms with Gasteiger partial charge in [0, 0.05) is 29.8 Å². The van der Waals surface area contributed by atoms with Crippen LogP contribution in [0.3, 0.4) is 0 Å². The van der Waals surface area contributed by atoms with E-state index in [2.05, 4.69) is 10.0 Å². The second-order valence-electron chi connectivity index (χ2n) is 3.06. The second-order valence-corrected chi connectivity index (χ2v) is 3.06. The highest BCUT2D eigenvalue weighted by molar-refractivity contribution is 5.94. The quantitative estimate of drug-likeness (QED) is 0.314. The first-order chi connectivity index (χ1) is 7.86. The second kappa shape index (κ2) is 6.80. The third kappa shape index (κ3) is 5.26. The molecule has 0 saturated heterocycles. The predicted octanol–water partition coefficient (Wildman–Crippen LogP) is 2.65. The first-order valence-electron chi connectivity index (χ1n) is 4.94. The molecule has 0 aliphatic carbocycles. The zero-order valence-electron chi connectivity index (χ0n) is 9.53. The highest BCUT2D eigenvalue weighted by Crippen LogP contribution is 2.18. The van der Waals surface area contributed by atoms with Gasteiger partial charge in [-0.15, -0.1) is 0 Å². The minimum atomic E-state index is -4.91. The fourth-order valence-corrected chi connectivity index (χ4v) is 1.20. The Kier molecular flexibility index (Phi) is 6.12. The van der Waals surface area contributed by atoms with Crippen LogP contribution in [-0.2, 0) is 4.79 Å². The minimum Gasteiger partial charge on any atom is -0.375 e. The fourth-order valence-electron chi connectivity index (χ4n) is 1.20. The molecule has 0 aliphatic rings. The van der Waals surface area contributed by atoms with Crippen LogP contribution in [0.2, 0.25) is 0 Å². The lowest BCUT2D eigenvalue weighted by molar-refractivity contribution is -0.165. The molecule has 0 atom stereocenters. The Morgan fingerprint density at radius 3 is 2.29 bits per heavy atom. The summed E-state index contributed by atoms with van der Waals surface area (Å²) < 4.78 is 36.3. The minimum absolute atomic E-state index is 0.0649. The maximum Gasteiger partial charge on any atom is 0.454 e. The van der Waals surface area contributed by atoms with Gasteiger partial charge in [-0.3, -0.25) is 4.79 Å². The maximum absolute atomic E-state index is 12.1. The fraction of sp³-hybridized carbons (Fsp3) is 0.667. The molecule has 0 bridgehead atoms. The number of hydrogen-bond donors (Lipinski definition) is 0. The number of hydrogen-bond acceptors (Lipinski definition) is 3. The Balaban J connectivity index is 5.09. The summed E-state index contributed by atoms with van der Waals surface area (Å²) in [4.78, 5) is 14.8. The van der Waals surface area contributed by atoms with Crippen LogP contribution < -0.4 is 0 Å². The topological polar surface area (TPSA) is 69.1 Å². The van der Waals surface area contributed by atoms with Crippen LogP contribution in [0.25, 0.3) is 10.4 Å². The lowest BCUT2D eigenvalue weighted by atomic mass is 10.2. The lowest BCUT2D eigenvalue weighted by Crippen LogP contribution is -2.27. The van der Waals surface area contributed by atoms with E-state index in [1.807, 2.05) is 0 Å². The number of ketones is 1. The van der Waals surface area contributed by atoms with Gasteiger partial charge in [0.05, 0.1) is 6.54 Å². The zero-order valence-corrected chi connectivity index (χ0v) is 9.53. The molecule has 0 aromatic carbocycles. The molecule has 0 N–H and O–H groups in total. The largest absolute Gasteiger partial charge is 0.454 e. The summed E-state index contributed by atoms with van der Waals surface area (Å²) in [6.07, 6.45) is -4.43. The van der Waals surface area contributed by atoms with E-state index < -0.39 is 12.0 Å². The van der Waals surface area contributed by atoms with Gasteiger partial charge in [0.2, 0.25) is 0 Å². The Hall–Kier alpha value is -1.69. The summed E-state index contributed by atoms with van der Waals surface area (Å²) in [5.41, 5.74) is 8.21. The lowest BCUT2D eigenvalue weighted by Gasteiger charge is -2.23. The van der Waals surface area contributed by atoms with Crippen molar-refractivity contribution < 1.29 is 18.0 Å². The van der Waals surface area contributed by atoms with Crippen molar-refractivity contribution >= 4 is 5.78 Å². The first-order valence-corrected chi connectivity index (χ1v) is 4.94. The number of alkyl halides is 3. The van der Waals surface area contributed by atoms with E-state index >= 15 is 0 Å². The Bertz CT molecular complexity index is 341. The average Bonchev–Trinajstić information content (AvgIpc) is 2.25. The van der Waals surface area contributed by atoms with E-state index in [1.165, 1.54) is 4.90 Å². The summed E-state index contributed by atoms with van der Waals surface area (Å²) >= 11 is 0. The van der Waals surface area contributed by atoms with Gasteiger partial charge in [0.25, 0.3) is 5.78 Å². The van der Waals surface area contributed by atoms with E-state index in [9.17, 15) is 18.0 Å². The number of halogens is 3. The maximum atomic E-state index is 12.1. The molecule has 0 aromatic rings. The van der Waals surface area contributed by atoms with Crippen molar-refractivity contribution in [3.63, 3.8) is 0 Å². The summed E-state index contributed by atoms with van der Waals surface area (Å²) in [6.45, 7) is 4.03. The molecular weight excluding hydrogens is 237 g/mol. The Morgan fingerprint density at radius 2 is 1.94 bits per heavy atom. The molecule has 0 saturated carbocycles. The molecule has 0 rings (SSSR count). The summed E-state index contributed by atoms with van der Waals surface area (Å²) in [6, 6.07) is 0. The van der Waals surface area contributed by atoms with Gasteiger partial charge in [-0.1, -0.05) is 5.11 Å². The van der Waals surface area contributed by atoms with E-state index in [1.54, 1.807) is 13.8 Å². The number of azide groups is 1.